The van der Waals surface area contributed by atoms with Gasteiger partial charge in [-0.05, 0) is 52.7 Å². The second kappa shape index (κ2) is 19.6. The van der Waals surface area contributed by atoms with E-state index in [9.17, 15) is 13.2 Å². The van der Waals surface area contributed by atoms with Crippen LogP contribution in [-0.2, 0) is 23.8 Å². The lowest BCUT2D eigenvalue weighted by Crippen LogP contribution is -2.23. The molecule has 0 unspecified atom stereocenters. The molecule has 6 heteroatoms. The number of rotatable bonds is 22. The maximum atomic E-state index is 12.1. The van der Waals surface area contributed by atoms with Crippen molar-refractivity contribution in [1.82, 2.24) is 0 Å². The van der Waals surface area contributed by atoms with Crippen molar-refractivity contribution in [2.45, 2.75) is 154 Å². The number of aryl methyl sites for hydroxylation is 1. The second-order valence-electron chi connectivity index (χ2n) is 11.4. The minimum atomic E-state index is -3.62. The summed E-state index contributed by atoms with van der Waals surface area (Å²) < 4.78 is 34.8. The lowest BCUT2D eigenvalue weighted by atomic mass is 10.0. The van der Waals surface area contributed by atoms with Crippen LogP contribution in [0.3, 0.4) is 0 Å². The number of hydrogen-bond acceptors (Lipinski definition) is 5. The number of hydrogen-bond donors (Lipinski definition) is 0. The molecule has 0 aliphatic heterocycles. The molecule has 0 radical (unpaired) electrons. The minimum absolute atomic E-state index is 0.0673. The number of benzene rings is 1. The molecule has 1 rings (SSSR count). The standard InChI is InChI=1S/C31H54O5S/c1-28-23-25-29(26-24-28)37(33,34)35-27-21-19-17-15-13-11-9-7-5-6-8-10-12-14-16-18-20-22-30(32)36-31(2,3)4/h23-26H,5-22,27H2,1-4H3. The Balaban J connectivity index is 1.80. The monoisotopic (exact) mass is 538 g/mol. The van der Waals surface area contributed by atoms with Crippen LogP contribution in [0, 0.1) is 6.92 Å². The molecule has 1 aromatic carbocycles. The number of esters is 1. The predicted molar refractivity (Wildman–Crippen MR) is 153 cm³/mol. The Labute approximate surface area is 228 Å². The zero-order valence-corrected chi connectivity index (χ0v) is 25.0. The third kappa shape index (κ3) is 19.3. The fourth-order valence-electron chi connectivity index (χ4n) is 4.36. The topological polar surface area (TPSA) is 69.7 Å². The van der Waals surface area contributed by atoms with Crippen molar-refractivity contribution in [2.24, 2.45) is 0 Å². The van der Waals surface area contributed by atoms with Crippen LogP contribution in [0.5, 0.6) is 0 Å². The summed E-state index contributed by atoms with van der Waals surface area (Å²) >= 11 is 0. The molecule has 0 saturated carbocycles. The van der Waals surface area contributed by atoms with Gasteiger partial charge < -0.3 is 4.74 Å². The average Bonchev–Trinajstić information content (AvgIpc) is 2.82. The van der Waals surface area contributed by atoms with E-state index in [1.165, 1.54) is 77.0 Å². The van der Waals surface area contributed by atoms with Crippen molar-refractivity contribution in [3.05, 3.63) is 29.8 Å². The highest BCUT2D eigenvalue weighted by Crippen LogP contribution is 2.17. The minimum Gasteiger partial charge on any atom is -0.460 e. The van der Waals surface area contributed by atoms with E-state index >= 15 is 0 Å². The van der Waals surface area contributed by atoms with Crippen LogP contribution >= 0.6 is 0 Å². The quantitative estimate of drug-likeness (QED) is 0.0836. The van der Waals surface area contributed by atoms with Gasteiger partial charge in [-0.3, -0.25) is 8.98 Å². The van der Waals surface area contributed by atoms with E-state index in [0.717, 1.165) is 37.7 Å². The highest BCUT2D eigenvalue weighted by atomic mass is 32.2. The maximum Gasteiger partial charge on any atom is 0.306 e. The molecule has 5 nitrogen and oxygen atoms in total. The van der Waals surface area contributed by atoms with Crippen LogP contribution in [0.4, 0.5) is 0 Å². The Bertz CT molecular complexity index is 809. The molecule has 0 amide bonds. The zero-order valence-electron chi connectivity index (χ0n) is 24.2. The molecule has 0 spiro atoms. The average molecular weight is 539 g/mol. The van der Waals surface area contributed by atoms with Gasteiger partial charge in [0.15, 0.2) is 0 Å². The Morgan fingerprint density at radius 1 is 0.649 bits per heavy atom. The first-order valence-corrected chi connectivity index (χ1v) is 16.2. The summed E-state index contributed by atoms with van der Waals surface area (Å²) in [6.07, 6.45) is 21.3. The van der Waals surface area contributed by atoms with E-state index < -0.39 is 10.1 Å². The van der Waals surface area contributed by atoms with Gasteiger partial charge in [0.2, 0.25) is 0 Å². The zero-order chi connectivity index (χ0) is 27.4. The van der Waals surface area contributed by atoms with Gasteiger partial charge in [-0.2, -0.15) is 8.42 Å². The summed E-state index contributed by atoms with van der Waals surface area (Å²) in [5, 5.41) is 0. The van der Waals surface area contributed by atoms with Gasteiger partial charge in [-0.1, -0.05) is 114 Å². The van der Waals surface area contributed by atoms with Crippen LogP contribution in [0.15, 0.2) is 29.2 Å². The summed E-state index contributed by atoms with van der Waals surface area (Å²) in [5.41, 5.74) is 0.665. The molecule has 0 atom stereocenters. The first-order chi connectivity index (χ1) is 17.6. The number of unbranched alkanes of at least 4 members (excludes halogenated alkanes) is 16. The van der Waals surface area contributed by atoms with E-state index in [4.69, 9.17) is 8.92 Å². The first-order valence-electron chi connectivity index (χ1n) is 14.8. The molecule has 214 valence electrons. The van der Waals surface area contributed by atoms with Crippen LogP contribution in [0.2, 0.25) is 0 Å². The lowest BCUT2D eigenvalue weighted by Gasteiger charge is -2.19. The molecule has 0 aromatic heterocycles. The smallest absolute Gasteiger partial charge is 0.306 e. The Kier molecular flexibility index (Phi) is 17.8. The highest BCUT2D eigenvalue weighted by molar-refractivity contribution is 7.86. The number of carbonyl (C=O) groups is 1. The molecule has 0 aliphatic rings. The third-order valence-electron chi connectivity index (χ3n) is 6.49. The van der Waals surface area contributed by atoms with Gasteiger partial charge >= 0.3 is 5.97 Å². The largest absolute Gasteiger partial charge is 0.460 e. The van der Waals surface area contributed by atoms with Crippen LogP contribution < -0.4 is 0 Å². The van der Waals surface area contributed by atoms with Crippen molar-refractivity contribution < 1.29 is 22.1 Å². The predicted octanol–water partition coefficient (Wildman–Crippen LogP) is 9.06. The number of carbonyl (C=O) groups excluding carboxylic acids is 1. The van der Waals surface area contributed by atoms with E-state index in [1.807, 2.05) is 27.7 Å². The first kappa shape index (κ1) is 33.6. The van der Waals surface area contributed by atoms with Gasteiger partial charge in [0.05, 0.1) is 11.5 Å². The summed E-state index contributed by atoms with van der Waals surface area (Å²) in [4.78, 5) is 11.9. The molecule has 0 bridgehead atoms. The molecular formula is C31H54O5S. The Morgan fingerprint density at radius 2 is 1.03 bits per heavy atom. The molecule has 1 aromatic rings. The summed E-state index contributed by atoms with van der Waals surface area (Å²) in [6.45, 7) is 7.95. The molecule has 0 N–H and O–H groups in total. The molecular weight excluding hydrogens is 484 g/mol. The van der Waals surface area contributed by atoms with Gasteiger partial charge in [0.1, 0.15) is 5.60 Å². The van der Waals surface area contributed by atoms with E-state index in [2.05, 4.69) is 0 Å². The fourth-order valence-corrected chi connectivity index (χ4v) is 5.30. The SMILES string of the molecule is Cc1ccc(S(=O)(=O)OCCCCCCCCCCCCCCCCCCCC(=O)OC(C)(C)C)cc1. The van der Waals surface area contributed by atoms with Crippen molar-refractivity contribution >= 4 is 16.1 Å². The summed E-state index contributed by atoms with van der Waals surface area (Å²) in [7, 11) is -3.62. The van der Waals surface area contributed by atoms with Crippen LogP contribution in [-0.4, -0.2) is 26.6 Å². The van der Waals surface area contributed by atoms with Crippen molar-refractivity contribution in [2.75, 3.05) is 6.61 Å². The molecule has 0 saturated heterocycles. The van der Waals surface area contributed by atoms with Gasteiger partial charge in [0.25, 0.3) is 10.1 Å². The Morgan fingerprint density at radius 3 is 1.43 bits per heavy atom. The van der Waals surface area contributed by atoms with E-state index in [1.54, 1.807) is 24.3 Å². The second-order valence-corrected chi connectivity index (χ2v) is 13.1. The van der Waals surface area contributed by atoms with Crippen molar-refractivity contribution in [3.63, 3.8) is 0 Å². The van der Waals surface area contributed by atoms with Crippen molar-refractivity contribution in [3.8, 4) is 0 Å². The van der Waals surface area contributed by atoms with Gasteiger partial charge in [0, 0.05) is 6.42 Å². The van der Waals surface area contributed by atoms with E-state index in [0.29, 0.717) is 6.42 Å². The third-order valence-corrected chi connectivity index (χ3v) is 7.82. The fraction of sp³-hybridized carbons (Fsp3) is 0.774. The lowest BCUT2D eigenvalue weighted by molar-refractivity contribution is -0.154. The number of ether oxygens (including phenoxy) is 1. The molecule has 37 heavy (non-hydrogen) atoms. The van der Waals surface area contributed by atoms with Gasteiger partial charge in [-0.25, -0.2) is 0 Å². The van der Waals surface area contributed by atoms with Crippen LogP contribution in [0.25, 0.3) is 0 Å². The summed E-state index contributed by atoms with van der Waals surface area (Å²) in [6, 6.07) is 6.79. The summed E-state index contributed by atoms with van der Waals surface area (Å²) in [5.74, 6) is -0.0673. The van der Waals surface area contributed by atoms with Crippen molar-refractivity contribution in [1.29, 1.82) is 0 Å². The highest BCUT2D eigenvalue weighted by Gasteiger charge is 2.15. The van der Waals surface area contributed by atoms with E-state index in [-0.39, 0.29) is 23.1 Å². The Hall–Kier alpha value is -1.40. The molecule has 0 fully saturated rings. The van der Waals surface area contributed by atoms with Gasteiger partial charge in [-0.15, -0.1) is 0 Å². The maximum absolute atomic E-state index is 12.1. The van der Waals surface area contributed by atoms with Crippen LogP contribution in [0.1, 0.15) is 142 Å². The molecule has 0 heterocycles. The molecule has 0 aliphatic carbocycles. The normalized spacial score (nSPS) is 12.1.